The molecule has 0 aromatic carbocycles. The average molecular weight is 155 g/mol. The first-order valence-corrected chi connectivity index (χ1v) is 4.77. The van der Waals surface area contributed by atoms with Crippen LogP contribution in [0.5, 0.6) is 0 Å². The van der Waals surface area contributed by atoms with E-state index in [0.29, 0.717) is 0 Å². The quantitative estimate of drug-likeness (QED) is 0.444. The molecule has 0 unspecified atom stereocenters. The van der Waals surface area contributed by atoms with Gasteiger partial charge in [-0.3, -0.25) is 0 Å². The van der Waals surface area contributed by atoms with Crippen LogP contribution >= 0.6 is 0 Å². The van der Waals surface area contributed by atoms with Gasteiger partial charge in [-0.15, -0.1) is 0 Å². The molecule has 0 aliphatic rings. The molecule has 0 saturated heterocycles. The number of hydrogen-bond acceptors (Lipinski definition) is 1. The van der Waals surface area contributed by atoms with Crippen LogP contribution in [-0.4, -0.2) is 6.54 Å². The Morgan fingerprint density at radius 1 is 1.00 bits per heavy atom. The van der Waals surface area contributed by atoms with E-state index in [1.165, 1.54) is 38.5 Å². The third kappa shape index (κ3) is 9.70. The van der Waals surface area contributed by atoms with Crippen molar-refractivity contribution in [1.29, 1.82) is 0 Å². The van der Waals surface area contributed by atoms with Gasteiger partial charge in [0.25, 0.3) is 0 Å². The van der Waals surface area contributed by atoms with Crippen LogP contribution in [0.25, 0.3) is 0 Å². The standard InChI is InChI=1S/C10H21N/c1-2-3-4-5-6-7-8-9-10-11/h3-4H,2,5-11H2,1H3. The zero-order chi connectivity index (χ0) is 8.36. The van der Waals surface area contributed by atoms with Crippen molar-refractivity contribution in [2.75, 3.05) is 6.54 Å². The Morgan fingerprint density at radius 2 is 1.73 bits per heavy atom. The Balaban J connectivity index is 2.85. The molecule has 66 valence electrons. The van der Waals surface area contributed by atoms with Gasteiger partial charge in [-0.05, 0) is 32.2 Å². The smallest absolute Gasteiger partial charge is 0.00773 e. The first-order valence-electron chi connectivity index (χ1n) is 4.77. The molecule has 0 radical (unpaired) electrons. The normalized spacial score (nSPS) is 11.1. The van der Waals surface area contributed by atoms with Gasteiger partial charge in [-0.25, -0.2) is 0 Å². The molecule has 11 heavy (non-hydrogen) atoms. The van der Waals surface area contributed by atoms with Crippen LogP contribution in [-0.2, 0) is 0 Å². The highest BCUT2D eigenvalue weighted by molar-refractivity contribution is 4.79. The zero-order valence-corrected chi connectivity index (χ0v) is 7.68. The number of unbranched alkanes of at least 4 members (excludes halogenated alkanes) is 4. The van der Waals surface area contributed by atoms with Crippen LogP contribution in [0.3, 0.4) is 0 Å². The summed E-state index contributed by atoms with van der Waals surface area (Å²) in [6.45, 7) is 3.02. The third-order valence-electron chi connectivity index (χ3n) is 1.73. The molecule has 0 atom stereocenters. The van der Waals surface area contributed by atoms with Gasteiger partial charge >= 0.3 is 0 Å². The molecule has 1 heteroatoms. The second-order valence-electron chi connectivity index (χ2n) is 2.87. The minimum Gasteiger partial charge on any atom is -0.330 e. The molecular weight excluding hydrogens is 134 g/mol. The summed E-state index contributed by atoms with van der Waals surface area (Å²) in [7, 11) is 0. The lowest BCUT2D eigenvalue weighted by Crippen LogP contribution is -1.97. The lowest BCUT2D eigenvalue weighted by molar-refractivity contribution is 0.652. The van der Waals surface area contributed by atoms with Gasteiger partial charge in [-0.2, -0.15) is 0 Å². The first kappa shape index (κ1) is 10.7. The van der Waals surface area contributed by atoms with Crippen LogP contribution in [0.1, 0.15) is 45.4 Å². The molecule has 0 aromatic heterocycles. The minimum atomic E-state index is 0.852. The number of nitrogens with two attached hydrogens (primary N) is 1. The Hall–Kier alpha value is -0.300. The van der Waals surface area contributed by atoms with Crippen LogP contribution in [0.2, 0.25) is 0 Å². The summed E-state index contributed by atoms with van der Waals surface area (Å²) in [6, 6.07) is 0. The summed E-state index contributed by atoms with van der Waals surface area (Å²) < 4.78 is 0. The van der Waals surface area contributed by atoms with E-state index >= 15 is 0 Å². The van der Waals surface area contributed by atoms with Crippen molar-refractivity contribution in [3.8, 4) is 0 Å². The Bertz CT molecular complexity index is 86.9. The van der Waals surface area contributed by atoms with Gasteiger partial charge in [0.05, 0.1) is 0 Å². The van der Waals surface area contributed by atoms with Gasteiger partial charge < -0.3 is 5.73 Å². The molecule has 0 aliphatic heterocycles. The molecule has 0 fully saturated rings. The summed E-state index contributed by atoms with van der Waals surface area (Å²) in [5.74, 6) is 0. The Kier molecular flexibility index (Phi) is 9.44. The summed E-state index contributed by atoms with van der Waals surface area (Å²) >= 11 is 0. The summed E-state index contributed by atoms with van der Waals surface area (Å²) in [4.78, 5) is 0. The number of rotatable bonds is 7. The molecule has 0 bridgehead atoms. The molecule has 0 aromatic rings. The van der Waals surface area contributed by atoms with E-state index in [-0.39, 0.29) is 0 Å². The van der Waals surface area contributed by atoms with E-state index in [4.69, 9.17) is 5.73 Å². The lowest BCUT2D eigenvalue weighted by Gasteiger charge is -1.95. The maximum atomic E-state index is 5.38. The van der Waals surface area contributed by atoms with Crippen LogP contribution < -0.4 is 5.73 Å². The van der Waals surface area contributed by atoms with Crippen molar-refractivity contribution >= 4 is 0 Å². The molecule has 0 saturated carbocycles. The summed E-state index contributed by atoms with van der Waals surface area (Å²) in [5.41, 5.74) is 5.38. The van der Waals surface area contributed by atoms with Gasteiger partial charge in [0.15, 0.2) is 0 Å². The first-order chi connectivity index (χ1) is 5.41. The minimum absolute atomic E-state index is 0.852. The maximum Gasteiger partial charge on any atom is -0.00773 e. The molecule has 2 N–H and O–H groups in total. The van der Waals surface area contributed by atoms with E-state index in [1.807, 2.05) is 0 Å². The zero-order valence-electron chi connectivity index (χ0n) is 7.68. The number of allylic oxidation sites excluding steroid dienone is 2. The van der Waals surface area contributed by atoms with Crippen LogP contribution in [0.4, 0.5) is 0 Å². The predicted molar refractivity (Wildman–Crippen MR) is 51.6 cm³/mol. The van der Waals surface area contributed by atoms with Gasteiger partial charge in [0.2, 0.25) is 0 Å². The average Bonchev–Trinajstić information content (AvgIpc) is 2.03. The molecule has 0 amide bonds. The molecule has 0 heterocycles. The van der Waals surface area contributed by atoms with E-state index in [9.17, 15) is 0 Å². The molecular formula is C10H21N. The molecule has 0 spiro atoms. The van der Waals surface area contributed by atoms with Crippen molar-refractivity contribution in [1.82, 2.24) is 0 Å². The largest absolute Gasteiger partial charge is 0.330 e. The molecule has 0 aliphatic carbocycles. The van der Waals surface area contributed by atoms with Gasteiger partial charge in [-0.1, -0.05) is 31.9 Å². The van der Waals surface area contributed by atoms with Gasteiger partial charge in [0.1, 0.15) is 0 Å². The fourth-order valence-electron chi connectivity index (χ4n) is 1.04. The third-order valence-corrected chi connectivity index (χ3v) is 1.73. The topological polar surface area (TPSA) is 26.0 Å². The number of hydrogen-bond donors (Lipinski definition) is 1. The maximum absolute atomic E-state index is 5.38. The van der Waals surface area contributed by atoms with Crippen molar-refractivity contribution < 1.29 is 0 Å². The lowest BCUT2D eigenvalue weighted by atomic mass is 10.1. The molecule has 0 rings (SSSR count). The van der Waals surface area contributed by atoms with Crippen molar-refractivity contribution in [2.45, 2.75) is 45.4 Å². The fourth-order valence-corrected chi connectivity index (χ4v) is 1.04. The Morgan fingerprint density at radius 3 is 2.36 bits per heavy atom. The fraction of sp³-hybridized carbons (Fsp3) is 0.800. The summed E-state index contributed by atoms with van der Waals surface area (Å²) in [6.07, 6.45) is 12.1. The Labute approximate surface area is 70.7 Å². The second kappa shape index (κ2) is 9.70. The van der Waals surface area contributed by atoms with E-state index in [0.717, 1.165) is 6.54 Å². The SMILES string of the molecule is CCC=CCCCCCCN. The van der Waals surface area contributed by atoms with E-state index in [1.54, 1.807) is 0 Å². The van der Waals surface area contributed by atoms with Crippen molar-refractivity contribution in [3.63, 3.8) is 0 Å². The summed E-state index contributed by atoms with van der Waals surface area (Å²) in [5, 5.41) is 0. The van der Waals surface area contributed by atoms with E-state index < -0.39 is 0 Å². The van der Waals surface area contributed by atoms with Crippen molar-refractivity contribution in [3.05, 3.63) is 12.2 Å². The highest BCUT2D eigenvalue weighted by Crippen LogP contribution is 2.02. The van der Waals surface area contributed by atoms with Gasteiger partial charge in [0, 0.05) is 0 Å². The predicted octanol–water partition coefficient (Wildman–Crippen LogP) is 2.86. The molecule has 1 nitrogen and oxygen atoms in total. The van der Waals surface area contributed by atoms with Crippen LogP contribution in [0, 0.1) is 0 Å². The highest BCUT2D eigenvalue weighted by Gasteiger charge is 1.85. The van der Waals surface area contributed by atoms with E-state index in [2.05, 4.69) is 19.1 Å². The van der Waals surface area contributed by atoms with Crippen LogP contribution in [0.15, 0.2) is 12.2 Å². The monoisotopic (exact) mass is 155 g/mol. The highest BCUT2D eigenvalue weighted by atomic mass is 14.5. The second-order valence-corrected chi connectivity index (χ2v) is 2.87. The van der Waals surface area contributed by atoms with Crippen molar-refractivity contribution in [2.24, 2.45) is 5.73 Å².